The number of benzene rings is 1. The molecule has 0 saturated carbocycles. The van der Waals surface area contributed by atoms with Gasteiger partial charge in [0.15, 0.2) is 5.06 Å². The van der Waals surface area contributed by atoms with Crippen LogP contribution in [0.4, 0.5) is 4.79 Å². The van der Waals surface area contributed by atoms with Gasteiger partial charge in [0.2, 0.25) is 0 Å². The normalized spacial score (nSPS) is 14.5. The van der Waals surface area contributed by atoms with Gasteiger partial charge in [-0.05, 0) is 30.0 Å². The summed E-state index contributed by atoms with van der Waals surface area (Å²) < 4.78 is 4.75. The Balaban J connectivity index is 0.00000176. The highest BCUT2D eigenvalue weighted by Gasteiger charge is 2.18. The number of ether oxygens (including phenoxy) is 1. The number of carboxylic acid groups (broad SMARTS) is 1. The first kappa shape index (κ1) is 16.8. The minimum Gasteiger partial charge on any atom is -0.449 e. The highest BCUT2D eigenvalue weighted by atomic mass is 35.5. The number of hydrogen-bond acceptors (Lipinski definition) is 4. The van der Waals surface area contributed by atoms with Crippen molar-refractivity contribution in [2.24, 2.45) is 0 Å². The molecule has 22 heavy (non-hydrogen) atoms. The van der Waals surface area contributed by atoms with Crippen molar-refractivity contribution in [3.05, 3.63) is 52.4 Å². The monoisotopic (exact) mass is 339 g/mol. The summed E-state index contributed by atoms with van der Waals surface area (Å²) in [7, 11) is 0. The molecule has 1 aromatic carbocycles. The second-order valence-electron chi connectivity index (χ2n) is 5.14. The highest BCUT2D eigenvalue weighted by Crippen LogP contribution is 2.32. The Morgan fingerprint density at radius 2 is 1.95 bits per heavy atom. The smallest absolute Gasteiger partial charge is 0.449 e. The summed E-state index contributed by atoms with van der Waals surface area (Å²) in [6.07, 6.45) is 0.661. The quantitative estimate of drug-likeness (QED) is 0.863. The minimum absolute atomic E-state index is 0. The summed E-state index contributed by atoms with van der Waals surface area (Å²) in [6, 6.07) is 12.4. The predicted octanol–water partition coefficient (Wildman–Crippen LogP) is 3.83. The van der Waals surface area contributed by atoms with Crippen LogP contribution in [0.15, 0.2) is 36.4 Å². The Labute approximate surface area is 139 Å². The van der Waals surface area contributed by atoms with E-state index in [9.17, 15) is 4.79 Å². The Morgan fingerprint density at radius 3 is 2.68 bits per heavy atom. The maximum Gasteiger partial charge on any atom is 0.512 e. The van der Waals surface area contributed by atoms with Crippen LogP contribution in [0.25, 0.3) is 0 Å². The topological polar surface area (TPSA) is 49.8 Å². The van der Waals surface area contributed by atoms with Crippen LogP contribution in [0.5, 0.6) is 5.06 Å². The zero-order chi connectivity index (χ0) is 14.7. The molecule has 2 heterocycles. The molecule has 0 amide bonds. The first-order chi connectivity index (χ1) is 10.2. The Bertz CT molecular complexity index is 604. The Kier molecular flexibility index (Phi) is 5.83. The van der Waals surface area contributed by atoms with Crippen LogP contribution >= 0.6 is 23.7 Å². The van der Waals surface area contributed by atoms with Crippen molar-refractivity contribution >= 4 is 29.9 Å². The predicted molar refractivity (Wildman–Crippen MR) is 89.3 cm³/mol. The SMILES string of the molecule is Cl.O=C(O)Oc1cc2c(s1)CCN(Cc1ccccc1)CC2. The van der Waals surface area contributed by atoms with Crippen molar-refractivity contribution in [2.75, 3.05) is 13.1 Å². The Morgan fingerprint density at radius 1 is 1.23 bits per heavy atom. The first-order valence-electron chi connectivity index (χ1n) is 6.99. The van der Waals surface area contributed by atoms with E-state index in [1.54, 1.807) is 0 Å². The average molecular weight is 340 g/mol. The fraction of sp³-hybridized carbons (Fsp3) is 0.312. The van der Waals surface area contributed by atoms with E-state index in [1.165, 1.54) is 27.3 Å². The molecule has 1 aliphatic heterocycles. The largest absolute Gasteiger partial charge is 0.512 e. The number of thiophene rings is 1. The summed E-state index contributed by atoms with van der Waals surface area (Å²) >= 11 is 1.46. The number of halogens is 1. The van der Waals surface area contributed by atoms with Gasteiger partial charge in [-0.3, -0.25) is 4.90 Å². The van der Waals surface area contributed by atoms with Gasteiger partial charge in [0.05, 0.1) is 0 Å². The standard InChI is InChI=1S/C16H17NO3S.ClH/c18-16(19)20-15-10-13-6-8-17(9-7-14(13)21-15)11-12-4-2-1-3-5-12;/h1-5,10H,6-9,11H2,(H,18,19);1H. The maximum absolute atomic E-state index is 10.6. The molecule has 3 rings (SSSR count). The van der Waals surface area contributed by atoms with Crippen molar-refractivity contribution in [3.8, 4) is 5.06 Å². The highest BCUT2D eigenvalue weighted by molar-refractivity contribution is 7.14. The third-order valence-electron chi connectivity index (χ3n) is 3.66. The second-order valence-corrected chi connectivity index (χ2v) is 6.24. The van der Waals surface area contributed by atoms with Crippen LogP contribution in [0.3, 0.4) is 0 Å². The molecule has 0 unspecified atom stereocenters. The lowest BCUT2D eigenvalue weighted by Crippen LogP contribution is -2.25. The lowest BCUT2D eigenvalue weighted by molar-refractivity contribution is 0.146. The molecule has 118 valence electrons. The van der Waals surface area contributed by atoms with E-state index in [0.29, 0.717) is 5.06 Å². The van der Waals surface area contributed by atoms with E-state index < -0.39 is 6.16 Å². The lowest BCUT2D eigenvalue weighted by Gasteiger charge is -2.19. The van der Waals surface area contributed by atoms with E-state index in [0.717, 1.165) is 32.5 Å². The van der Waals surface area contributed by atoms with E-state index in [-0.39, 0.29) is 12.4 Å². The van der Waals surface area contributed by atoms with Crippen molar-refractivity contribution in [1.29, 1.82) is 0 Å². The van der Waals surface area contributed by atoms with Gasteiger partial charge < -0.3 is 9.84 Å². The fourth-order valence-electron chi connectivity index (χ4n) is 2.65. The molecule has 0 fully saturated rings. The van der Waals surface area contributed by atoms with Crippen molar-refractivity contribution in [3.63, 3.8) is 0 Å². The number of hydrogen-bond donors (Lipinski definition) is 1. The molecule has 6 heteroatoms. The van der Waals surface area contributed by atoms with Gasteiger partial charge in [-0.1, -0.05) is 30.3 Å². The van der Waals surface area contributed by atoms with Gasteiger partial charge in [0.1, 0.15) is 0 Å². The van der Waals surface area contributed by atoms with Gasteiger partial charge in [-0.15, -0.1) is 23.7 Å². The molecule has 0 spiro atoms. The summed E-state index contributed by atoms with van der Waals surface area (Å²) in [5.41, 5.74) is 2.56. The zero-order valence-electron chi connectivity index (χ0n) is 12.0. The van der Waals surface area contributed by atoms with Crippen LogP contribution in [0.2, 0.25) is 0 Å². The molecule has 2 aromatic rings. The van der Waals surface area contributed by atoms with Crippen molar-refractivity contribution in [2.45, 2.75) is 19.4 Å². The molecule has 0 bridgehead atoms. The molecule has 4 nitrogen and oxygen atoms in total. The lowest BCUT2D eigenvalue weighted by atomic mass is 10.2. The number of nitrogens with zero attached hydrogens (tertiary/aromatic N) is 1. The number of rotatable bonds is 3. The summed E-state index contributed by atoms with van der Waals surface area (Å²) in [5, 5.41) is 9.16. The van der Waals surface area contributed by atoms with Crippen LogP contribution in [-0.2, 0) is 19.4 Å². The molecule has 1 aromatic heterocycles. The minimum atomic E-state index is -1.24. The summed E-state index contributed by atoms with van der Waals surface area (Å²) in [4.78, 5) is 14.3. The summed E-state index contributed by atoms with van der Waals surface area (Å²) in [5.74, 6) is 0. The number of carbonyl (C=O) groups is 1. The molecule has 0 radical (unpaired) electrons. The molecule has 1 N–H and O–H groups in total. The van der Waals surface area contributed by atoms with Gasteiger partial charge in [-0.25, -0.2) is 4.79 Å². The molecule has 0 saturated heterocycles. The molecule has 1 aliphatic rings. The Hall–Kier alpha value is -1.56. The van der Waals surface area contributed by atoms with Crippen LogP contribution in [0.1, 0.15) is 16.0 Å². The van der Waals surface area contributed by atoms with Crippen LogP contribution in [-0.4, -0.2) is 29.3 Å². The third kappa shape index (κ3) is 4.22. The molecular weight excluding hydrogens is 322 g/mol. The van der Waals surface area contributed by atoms with E-state index in [4.69, 9.17) is 9.84 Å². The van der Waals surface area contributed by atoms with E-state index in [2.05, 4.69) is 29.2 Å². The van der Waals surface area contributed by atoms with Gasteiger partial charge in [0, 0.05) is 24.5 Å². The van der Waals surface area contributed by atoms with Crippen LogP contribution < -0.4 is 4.74 Å². The van der Waals surface area contributed by atoms with Gasteiger partial charge >= 0.3 is 6.16 Å². The number of fused-ring (bicyclic) bond motifs is 1. The molecule has 0 aliphatic carbocycles. The molecule has 0 atom stereocenters. The zero-order valence-corrected chi connectivity index (χ0v) is 13.7. The second kappa shape index (κ2) is 7.63. The average Bonchev–Trinajstić information content (AvgIpc) is 2.75. The van der Waals surface area contributed by atoms with Crippen molar-refractivity contribution in [1.82, 2.24) is 4.90 Å². The van der Waals surface area contributed by atoms with Gasteiger partial charge in [0.25, 0.3) is 0 Å². The summed E-state index contributed by atoms with van der Waals surface area (Å²) in [6.45, 7) is 2.95. The van der Waals surface area contributed by atoms with Crippen molar-refractivity contribution < 1.29 is 14.6 Å². The van der Waals surface area contributed by atoms with Gasteiger partial charge in [-0.2, -0.15) is 0 Å². The maximum atomic E-state index is 10.6. The third-order valence-corrected chi connectivity index (χ3v) is 4.78. The van der Waals surface area contributed by atoms with E-state index in [1.807, 2.05) is 12.1 Å². The molecular formula is C16H18ClNO3S. The first-order valence-corrected chi connectivity index (χ1v) is 7.81. The van der Waals surface area contributed by atoms with E-state index >= 15 is 0 Å². The van der Waals surface area contributed by atoms with Crippen LogP contribution in [0, 0.1) is 0 Å². The fourth-order valence-corrected chi connectivity index (χ4v) is 3.69.